The predicted molar refractivity (Wildman–Crippen MR) is 52.8 cm³/mol. The first-order valence-corrected chi connectivity index (χ1v) is 4.29. The largest absolute Gasteiger partial charge is 0.496 e. The Labute approximate surface area is 81.3 Å². The number of ketones is 1. The lowest BCUT2D eigenvalue weighted by atomic mass is 10.1. The molecule has 3 nitrogen and oxygen atoms in total. The van der Waals surface area contributed by atoms with Gasteiger partial charge in [-0.1, -0.05) is 0 Å². The summed E-state index contributed by atoms with van der Waals surface area (Å²) in [5, 5.41) is 0.913. The van der Waals surface area contributed by atoms with Crippen molar-refractivity contribution < 1.29 is 13.9 Å². The Morgan fingerprint density at radius 1 is 1.36 bits per heavy atom. The van der Waals surface area contributed by atoms with Crippen molar-refractivity contribution in [2.24, 2.45) is 0 Å². The molecule has 0 aliphatic rings. The van der Waals surface area contributed by atoms with Gasteiger partial charge in [-0.05, 0) is 25.1 Å². The van der Waals surface area contributed by atoms with Gasteiger partial charge in [0.1, 0.15) is 16.9 Å². The van der Waals surface area contributed by atoms with Crippen LogP contribution in [0.5, 0.6) is 5.75 Å². The molecule has 0 bridgehead atoms. The normalized spacial score (nSPS) is 10.4. The molecule has 0 saturated heterocycles. The van der Waals surface area contributed by atoms with Crippen LogP contribution in [0.1, 0.15) is 17.3 Å². The molecule has 0 aliphatic carbocycles. The van der Waals surface area contributed by atoms with Crippen molar-refractivity contribution in [3.8, 4) is 5.75 Å². The summed E-state index contributed by atoms with van der Waals surface area (Å²) in [6.07, 6.45) is 1.57. The lowest BCUT2D eigenvalue weighted by Crippen LogP contribution is -1.97. The Morgan fingerprint density at radius 3 is 2.79 bits per heavy atom. The molecule has 1 aromatic heterocycles. The van der Waals surface area contributed by atoms with Crippen molar-refractivity contribution in [2.45, 2.75) is 6.92 Å². The zero-order valence-electron chi connectivity index (χ0n) is 8.03. The van der Waals surface area contributed by atoms with E-state index in [1.165, 1.54) is 14.0 Å². The molecule has 2 rings (SSSR count). The molecular weight excluding hydrogens is 180 g/mol. The summed E-state index contributed by atoms with van der Waals surface area (Å²) in [6, 6.07) is 5.46. The summed E-state index contributed by atoms with van der Waals surface area (Å²) in [4.78, 5) is 11.4. The maximum Gasteiger partial charge on any atom is 0.167 e. The second kappa shape index (κ2) is 3.18. The standard InChI is InChI=1S/C11H10O3/c1-7(12)10-9(13-2)4-3-8-5-6-14-11(8)10/h3-6H,1-2H3. The van der Waals surface area contributed by atoms with Gasteiger partial charge < -0.3 is 9.15 Å². The van der Waals surface area contributed by atoms with Gasteiger partial charge in [0.25, 0.3) is 0 Å². The summed E-state index contributed by atoms with van der Waals surface area (Å²) in [6.45, 7) is 1.50. The van der Waals surface area contributed by atoms with E-state index in [2.05, 4.69) is 0 Å². The van der Waals surface area contributed by atoms with Crippen molar-refractivity contribution in [1.82, 2.24) is 0 Å². The summed E-state index contributed by atoms with van der Waals surface area (Å²) < 4.78 is 10.4. The minimum atomic E-state index is -0.0533. The molecule has 0 atom stereocenters. The molecule has 0 spiro atoms. The van der Waals surface area contributed by atoms with Gasteiger partial charge in [-0.2, -0.15) is 0 Å². The molecule has 0 saturated carbocycles. The minimum Gasteiger partial charge on any atom is -0.496 e. The Bertz CT molecular complexity index is 482. The van der Waals surface area contributed by atoms with E-state index in [1.807, 2.05) is 12.1 Å². The molecule has 1 heterocycles. The molecule has 0 fully saturated rings. The fourth-order valence-electron chi connectivity index (χ4n) is 1.52. The van der Waals surface area contributed by atoms with Crippen LogP contribution in [0.25, 0.3) is 11.0 Å². The quantitative estimate of drug-likeness (QED) is 0.683. The molecule has 0 amide bonds. The molecule has 1 aromatic carbocycles. The number of Topliss-reactive ketones (excluding diaryl/α,β-unsaturated/α-hetero) is 1. The van der Waals surface area contributed by atoms with Crippen LogP contribution in [-0.4, -0.2) is 12.9 Å². The second-order valence-electron chi connectivity index (χ2n) is 3.04. The van der Waals surface area contributed by atoms with Crippen molar-refractivity contribution >= 4 is 16.8 Å². The van der Waals surface area contributed by atoms with Crippen molar-refractivity contribution in [1.29, 1.82) is 0 Å². The Kier molecular flexibility index (Phi) is 2.00. The highest BCUT2D eigenvalue weighted by molar-refractivity contribution is 6.07. The molecule has 72 valence electrons. The first-order valence-electron chi connectivity index (χ1n) is 4.29. The van der Waals surface area contributed by atoms with Crippen LogP contribution in [0.4, 0.5) is 0 Å². The van der Waals surface area contributed by atoms with Crippen molar-refractivity contribution in [3.05, 3.63) is 30.0 Å². The lowest BCUT2D eigenvalue weighted by Gasteiger charge is -2.05. The van der Waals surface area contributed by atoms with E-state index in [9.17, 15) is 4.79 Å². The number of carbonyl (C=O) groups is 1. The average Bonchev–Trinajstić information content (AvgIpc) is 2.62. The van der Waals surface area contributed by atoms with E-state index in [-0.39, 0.29) is 5.78 Å². The van der Waals surface area contributed by atoms with Crippen LogP contribution in [0.2, 0.25) is 0 Å². The van der Waals surface area contributed by atoms with Gasteiger partial charge in [-0.15, -0.1) is 0 Å². The molecule has 2 aromatic rings. The van der Waals surface area contributed by atoms with E-state index in [4.69, 9.17) is 9.15 Å². The number of benzene rings is 1. The molecule has 0 unspecified atom stereocenters. The number of ether oxygens (including phenoxy) is 1. The Balaban J connectivity index is 2.82. The third-order valence-electron chi connectivity index (χ3n) is 2.16. The molecule has 0 N–H and O–H groups in total. The number of fused-ring (bicyclic) bond motifs is 1. The van der Waals surface area contributed by atoms with Crippen LogP contribution in [0, 0.1) is 0 Å². The van der Waals surface area contributed by atoms with Crippen LogP contribution in [0.3, 0.4) is 0 Å². The SMILES string of the molecule is COc1ccc2ccoc2c1C(C)=O. The van der Waals surface area contributed by atoms with Gasteiger partial charge in [-0.3, -0.25) is 4.79 Å². The lowest BCUT2D eigenvalue weighted by molar-refractivity contribution is 0.101. The molecule has 14 heavy (non-hydrogen) atoms. The number of hydrogen-bond donors (Lipinski definition) is 0. The van der Waals surface area contributed by atoms with Crippen molar-refractivity contribution in [3.63, 3.8) is 0 Å². The van der Waals surface area contributed by atoms with Crippen LogP contribution < -0.4 is 4.74 Å². The zero-order chi connectivity index (χ0) is 10.1. The molecule has 3 heteroatoms. The first-order chi connectivity index (χ1) is 6.74. The first kappa shape index (κ1) is 8.81. The topological polar surface area (TPSA) is 39.4 Å². The van der Waals surface area contributed by atoms with E-state index in [0.717, 1.165) is 5.39 Å². The van der Waals surface area contributed by atoms with E-state index in [1.54, 1.807) is 12.3 Å². The highest BCUT2D eigenvalue weighted by Crippen LogP contribution is 2.28. The summed E-state index contributed by atoms with van der Waals surface area (Å²) >= 11 is 0. The van der Waals surface area contributed by atoms with E-state index >= 15 is 0 Å². The number of methoxy groups -OCH3 is 1. The molecule has 0 aliphatic heterocycles. The summed E-state index contributed by atoms with van der Waals surface area (Å²) in [5.41, 5.74) is 1.10. The maximum atomic E-state index is 11.4. The van der Waals surface area contributed by atoms with Crippen molar-refractivity contribution in [2.75, 3.05) is 7.11 Å². The van der Waals surface area contributed by atoms with Gasteiger partial charge in [0.15, 0.2) is 5.78 Å². The zero-order valence-corrected chi connectivity index (χ0v) is 8.03. The molecular formula is C11H10O3. The Morgan fingerprint density at radius 2 is 2.14 bits per heavy atom. The van der Waals surface area contributed by atoms with Crippen LogP contribution >= 0.6 is 0 Å². The van der Waals surface area contributed by atoms with Gasteiger partial charge >= 0.3 is 0 Å². The summed E-state index contributed by atoms with van der Waals surface area (Å²) in [5.74, 6) is 0.502. The van der Waals surface area contributed by atoms with E-state index in [0.29, 0.717) is 16.9 Å². The number of furan rings is 1. The van der Waals surface area contributed by atoms with E-state index < -0.39 is 0 Å². The fourth-order valence-corrected chi connectivity index (χ4v) is 1.52. The number of rotatable bonds is 2. The smallest absolute Gasteiger partial charge is 0.167 e. The van der Waals surface area contributed by atoms with Crippen LogP contribution in [-0.2, 0) is 0 Å². The number of carbonyl (C=O) groups excluding carboxylic acids is 1. The third-order valence-corrected chi connectivity index (χ3v) is 2.16. The molecule has 0 radical (unpaired) electrons. The van der Waals surface area contributed by atoms with Crippen LogP contribution in [0.15, 0.2) is 28.9 Å². The monoisotopic (exact) mass is 190 g/mol. The van der Waals surface area contributed by atoms with Gasteiger partial charge in [0, 0.05) is 5.39 Å². The summed E-state index contributed by atoms with van der Waals surface area (Å²) in [7, 11) is 1.54. The number of hydrogen-bond acceptors (Lipinski definition) is 3. The second-order valence-corrected chi connectivity index (χ2v) is 3.04. The van der Waals surface area contributed by atoms with Gasteiger partial charge in [-0.25, -0.2) is 0 Å². The average molecular weight is 190 g/mol. The fraction of sp³-hybridized carbons (Fsp3) is 0.182. The Hall–Kier alpha value is -1.77. The highest BCUT2D eigenvalue weighted by atomic mass is 16.5. The maximum absolute atomic E-state index is 11.4. The third kappa shape index (κ3) is 1.18. The predicted octanol–water partition coefficient (Wildman–Crippen LogP) is 2.64. The highest BCUT2D eigenvalue weighted by Gasteiger charge is 2.14. The van der Waals surface area contributed by atoms with Gasteiger partial charge in [0.2, 0.25) is 0 Å². The minimum absolute atomic E-state index is 0.0533. The van der Waals surface area contributed by atoms with Gasteiger partial charge in [0.05, 0.1) is 13.4 Å².